The van der Waals surface area contributed by atoms with Gasteiger partial charge in [-0.25, -0.2) is 0 Å². The van der Waals surface area contributed by atoms with Gasteiger partial charge in [0.2, 0.25) is 0 Å². The van der Waals surface area contributed by atoms with Gasteiger partial charge in [0.1, 0.15) is 0 Å². The van der Waals surface area contributed by atoms with Crippen LogP contribution < -0.4 is 0 Å². The number of fused-ring (bicyclic) bond motifs is 13. The first-order valence-electron chi connectivity index (χ1n) is 24.2. The van der Waals surface area contributed by atoms with Crippen LogP contribution in [0.2, 0.25) is 0 Å². The second kappa shape index (κ2) is 12.8. The monoisotopic (exact) mass is 858 g/mol. The zero-order chi connectivity index (χ0) is 44.8. The standard InChI is InChI=1S/C68H42/c1-35-15-12-16-36(2)54(35)62-43-23-10-11-24-44(43)63(55-37(3)17-13-18-38(55)4)67-52-33-29-48-46-30-34-53-60-50(31-27-45(57(46)60)47-28-32-51(66(62)67)61(52)58(47)48)65-56(39-19-6-5-7-20-39)49-26-14-25-41-40-21-8-9-22-42(40)64(59(41)49)68(53)65/h5-34H,1-4H3. The van der Waals surface area contributed by atoms with Crippen molar-refractivity contribution in [1.82, 2.24) is 0 Å². The molecule has 0 N–H and O–H groups in total. The predicted molar refractivity (Wildman–Crippen MR) is 295 cm³/mol. The van der Waals surface area contributed by atoms with Crippen LogP contribution in [-0.2, 0) is 0 Å². The van der Waals surface area contributed by atoms with Gasteiger partial charge < -0.3 is 0 Å². The Morgan fingerprint density at radius 2 is 0.529 bits per heavy atom. The molecule has 0 saturated carbocycles. The van der Waals surface area contributed by atoms with Gasteiger partial charge in [-0.3, -0.25) is 0 Å². The summed E-state index contributed by atoms with van der Waals surface area (Å²) in [5.41, 5.74) is 18.6. The number of aryl methyl sites for hydroxylation is 4. The first-order chi connectivity index (χ1) is 33.5. The topological polar surface area (TPSA) is 0 Å². The number of hydrogen-bond donors (Lipinski definition) is 0. The minimum absolute atomic E-state index is 1.27. The van der Waals surface area contributed by atoms with E-state index in [0.29, 0.717) is 0 Å². The Bertz CT molecular complexity index is 4540. The summed E-state index contributed by atoms with van der Waals surface area (Å²) in [6.45, 7) is 9.17. The maximum absolute atomic E-state index is 2.49. The minimum atomic E-state index is 1.27. The molecule has 0 atom stereocenters. The van der Waals surface area contributed by atoms with E-state index in [2.05, 4.69) is 210 Å². The molecule has 0 radical (unpaired) electrons. The highest BCUT2D eigenvalue weighted by atomic mass is 14.4. The van der Waals surface area contributed by atoms with Crippen molar-refractivity contribution in [2.24, 2.45) is 0 Å². The molecule has 0 aromatic heterocycles. The lowest BCUT2D eigenvalue weighted by molar-refractivity contribution is 1.38. The van der Waals surface area contributed by atoms with Gasteiger partial charge in [-0.2, -0.15) is 0 Å². The molecule has 0 fully saturated rings. The average Bonchev–Trinajstić information content (AvgIpc) is 4.01. The summed E-state index contributed by atoms with van der Waals surface area (Å²) < 4.78 is 0. The van der Waals surface area contributed by atoms with Crippen LogP contribution in [0.1, 0.15) is 22.3 Å². The third-order valence-electron chi connectivity index (χ3n) is 16.5. The molecule has 0 aliphatic heterocycles. The van der Waals surface area contributed by atoms with Gasteiger partial charge in [-0.15, -0.1) is 0 Å². The molecular formula is C68H42. The van der Waals surface area contributed by atoms with Crippen LogP contribution in [0.5, 0.6) is 0 Å². The summed E-state index contributed by atoms with van der Waals surface area (Å²) in [6, 6.07) is 69.8. The highest BCUT2D eigenvalue weighted by Crippen LogP contribution is 2.62. The van der Waals surface area contributed by atoms with Crippen LogP contribution in [0, 0.1) is 27.7 Å². The van der Waals surface area contributed by atoms with E-state index in [1.807, 2.05) is 0 Å². The molecule has 68 heavy (non-hydrogen) atoms. The molecule has 16 rings (SSSR count). The lowest BCUT2D eigenvalue weighted by Gasteiger charge is -2.24. The number of rotatable bonds is 3. The van der Waals surface area contributed by atoms with Crippen molar-refractivity contribution < 1.29 is 0 Å². The molecule has 0 heterocycles. The first kappa shape index (κ1) is 36.8. The van der Waals surface area contributed by atoms with Gasteiger partial charge in [0.15, 0.2) is 0 Å². The maximum atomic E-state index is 2.49. The van der Waals surface area contributed by atoms with Crippen LogP contribution >= 0.6 is 0 Å². The second-order valence-electron chi connectivity index (χ2n) is 19.9. The summed E-state index contributed by atoms with van der Waals surface area (Å²) in [5, 5.41) is 27.0. The molecule has 0 saturated heterocycles. The van der Waals surface area contributed by atoms with E-state index in [-0.39, 0.29) is 0 Å². The molecule has 0 unspecified atom stereocenters. The molecule has 1 aliphatic rings. The van der Waals surface area contributed by atoms with Crippen LogP contribution in [0.3, 0.4) is 0 Å². The number of benzene rings is 13. The van der Waals surface area contributed by atoms with Gasteiger partial charge in [-0.05, 0) is 213 Å². The quantitative estimate of drug-likeness (QED) is 0.123. The molecule has 15 aromatic carbocycles. The van der Waals surface area contributed by atoms with E-state index in [9.17, 15) is 0 Å². The normalized spacial score (nSPS) is 12.7. The van der Waals surface area contributed by atoms with Gasteiger partial charge in [0.05, 0.1) is 0 Å². The molecule has 0 spiro atoms. The Balaban J connectivity index is 1.09. The minimum Gasteiger partial charge on any atom is -0.0622 e. The lowest BCUT2D eigenvalue weighted by Crippen LogP contribution is -1.98. The van der Waals surface area contributed by atoms with Crippen LogP contribution in [0.4, 0.5) is 0 Å². The Kier molecular flexibility index (Phi) is 6.92. The van der Waals surface area contributed by atoms with Crippen molar-refractivity contribution in [2.75, 3.05) is 0 Å². The van der Waals surface area contributed by atoms with Crippen molar-refractivity contribution in [3.63, 3.8) is 0 Å². The third-order valence-corrected chi connectivity index (χ3v) is 16.5. The summed E-state index contributed by atoms with van der Waals surface area (Å²) in [7, 11) is 0. The van der Waals surface area contributed by atoms with Crippen molar-refractivity contribution in [1.29, 1.82) is 0 Å². The zero-order valence-corrected chi connectivity index (χ0v) is 38.3. The van der Waals surface area contributed by atoms with Crippen molar-refractivity contribution in [3.8, 4) is 55.6 Å². The van der Waals surface area contributed by atoms with E-state index in [0.717, 1.165) is 0 Å². The zero-order valence-electron chi connectivity index (χ0n) is 38.3. The van der Waals surface area contributed by atoms with E-state index >= 15 is 0 Å². The molecule has 1 aliphatic carbocycles. The molecule has 0 heteroatoms. The third kappa shape index (κ3) is 4.30. The van der Waals surface area contributed by atoms with E-state index < -0.39 is 0 Å². The summed E-state index contributed by atoms with van der Waals surface area (Å²) in [4.78, 5) is 0. The van der Waals surface area contributed by atoms with Crippen molar-refractivity contribution in [3.05, 3.63) is 204 Å². The van der Waals surface area contributed by atoms with E-state index in [1.54, 1.807) is 0 Å². The van der Waals surface area contributed by atoms with Gasteiger partial charge >= 0.3 is 0 Å². The largest absolute Gasteiger partial charge is 0.0622 e. The van der Waals surface area contributed by atoms with Crippen LogP contribution in [0.25, 0.3) is 163 Å². The first-order valence-corrected chi connectivity index (χ1v) is 24.2. The molecule has 314 valence electrons. The average molecular weight is 859 g/mol. The SMILES string of the molecule is Cc1cccc(C)c1-c1c2c(c(-c3c(C)cccc3C)c3ccccc13)-c1ccc3c4ccc5c6c(ccc(c7ccc-2c1c73)c46)c1c(-c2ccccc2)c2cccc3c4ccccc4c(c23)c51. The highest BCUT2D eigenvalue weighted by molar-refractivity contribution is 6.51. The van der Waals surface area contributed by atoms with Crippen LogP contribution in [0.15, 0.2) is 182 Å². The fraction of sp³-hybridized carbons (Fsp3) is 0.0588. The predicted octanol–water partition coefficient (Wildman–Crippen LogP) is 19.4. The van der Waals surface area contributed by atoms with Crippen molar-refractivity contribution in [2.45, 2.75) is 27.7 Å². The van der Waals surface area contributed by atoms with Crippen molar-refractivity contribution >= 4 is 108 Å². The summed E-state index contributed by atoms with van der Waals surface area (Å²) in [5.74, 6) is 0. The Hall–Kier alpha value is -8.32. The van der Waals surface area contributed by atoms with Gasteiger partial charge in [-0.1, -0.05) is 182 Å². The summed E-state index contributed by atoms with van der Waals surface area (Å²) >= 11 is 0. The Morgan fingerprint density at radius 1 is 0.176 bits per heavy atom. The Morgan fingerprint density at radius 3 is 1.10 bits per heavy atom. The Labute approximate surface area is 393 Å². The smallest absolute Gasteiger partial charge is 0.000696 e. The molecule has 0 nitrogen and oxygen atoms in total. The second-order valence-corrected chi connectivity index (χ2v) is 19.9. The maximum Gasteiger partial charge on any atom is -0.000696 e. The lowest BCUT2D eigenvalue weighted by atomic mass is 9.79. The molecular weight excluding hydrogens is 817 g/mol. The van der Waals surface area contributed by atoms with Crippen LogP contribution in [-0.4, -0.2) is 0 Å². The molecule has 15 aromatic rings. The van der Waals surface area contributed by atoms with E-state index in [1.165, 1.54) is 186 Å². The molecule has 0 amide bonds. The fourth-order valence-electron chi connectivity index (χ4n) is 14.0. The van der Waals surface area contributed by atoms with Gasteiger partial charge in [0.25, 0.3) is 0 Å². The molecule has 0 bridgehead atoms. The summed E-state index contributed by atoms with van der Waals surface area (Å²) in [6.07, 6.45) is 0. The van der Waals surface area contributed by atoms with Gasteiger partial charge in [0, 0.05) is 0 Å². The van der Waals surface area contributed by atoms with E-state index in [4.69, 9.17) is 0 Å². The number of hydrogen-bond acceptors (Lipinski definition) is 0. The highest BCUT2D eigenvalue weighted by Gasteiger charge is 2.34. The fourth-order valence-corrected chi connectivity index (χ4v) is 14.0.